The van der Waals surface area contributed by atoms with Crippen molar-refractivity contribution in [2.24, 2.45) is 5.92 Å². The molecule has 0 aliphatic carbocycles. The van der Waals surface area contributed by atoms with Gasteiger partial charge in [0.1, 0.15) is 17.4 Å². The molecule has 3 rings (SSSR count). The second-order valence-corrected chi connectivity index (χ2v) is 6.10. The van der Waals surface area contributed by atoms with E-state index in [0.29, 0.717) is 26.3 Å². The van der Waals surface area contributed by atoms with Crippen LogP contribution in [0.3, 0.4) is 0 Å². The summed E-state index contributed by atoms with van der Waals surface area (Å²) in [6.45, 7) is 1.89. The monoisotopic (exact) mass is 326 g/mol. The van der Waals surface area contributed by atoms with Crippen LogP contribution in [0.1, 0.15) is 5.56 Å². The summed E-state index contributed by atoms with van der Waals surface area (Å²) in [4.78, 5) is 15.9. The Morgan fingerprint density at radius 3 is 2.61 bits per heavy atom. The lowest BCUT2D eigenvalue weighted by atomic mass is 10.1. The normalized spacial score (nSPS) is 25.4. The highest BCUT2D eigenvalue weighted by molar-refractivity contribution is 5.79. The smallest absolute Gasteiger partial charge is 0.229 e. The minimum Gasteiger partial charge on any atom is -0.497 e. The molecule has 1 aromatic carbocycles. The number of methoxy groups -OCH3 is 1. The van der Waals surface area contributed by atoms with Crippen molar-refractivity contribution in [3.63, 3.8) is 0 Å². The number of fused-ring (bicyclic) bond motifs is 3. The third kappa shape index (κ3) is 3.16. The van der Waals surface area contributed by atoms with Crippen LogP contribution in [0.15, 0.2) is 12.1 Å². The second-order valence-electron chi connectivity index (χ2n) is 6.10. The van der Waals surface area contributed by atoms with E-state index in [0.717, 1.165) is 0 Å². The van der Waals surface area contributed by atoms with Crippen LogP contribution in [0, 0.1) is 17.6 Å². The Hall–Kier alpha value is -1.73. The summed E-state index contributed by atoms with van der Waals surface area (Å²) in [5.41, 5.74) is 0.00166. The van der Waals surface area contributed by atoms with Crippen LogP contribution in [0.2, 0.25) is 0 Å². The van der Waals surface area contributed by atoms with Crippen LogP contribution in [-0.2, 0) is 16.1 Å². The van der Waals surface area contributed by atoms with E-state index in [1.54, 1.807) is 11.9 Å². The Balaban J connectivity index is 1.82. The molecule has 2 bridgehead atoms. The van der Waals surface area contributed by atoms with Crippen molar-refractivity contribution >= 4 is 5.91 Å². The fraction of sp³-hybridized carbons (Fsp3) is 0.562. The fourth-order valence-corrected chi connectivity index (χ4v) is 3.19. The van der Waals surface area contributed by atoms with Crippen molar-refractivity contribution < 1.29 is 23.0 Å². The topological polar surface area (TPSA) is 42.0 Å². The summed E-state index contributed by atoms with van der Waals surface area (Å²) in [7, 11) is 3.12. The number of amides is 1. The van der Waals surface area contributed by atoms with Crippen molar-refractivity contribution in [3.05, 3.63) is 29.3 Å². The molecule has 0 unspecified atom stereocenters. The predicted molar refractivity (Wildman–Crippen MR) is 79.1 cm³/mol. The highest BCUT2D eigenvalue weighted by atomic mass is 19.1. The van der Waals surface area contributed by atoms with E-state index in [1.165, 1.54) is 19.2 Å². The molecule has 1 amide bonds. The van der Waals surface area contributed by atoms with Gasteiger partial charge in [0.25, 0.3) is 0 Å². The molecule has 5 nitrogen and oxygen atoms in total. The maximum absolute atomic E-state index is 14.1. The Morgan fingerprint density at radius 1 is 1.26 bits per heavy atom. The Bertz CT molecular complexity index is 588. The molecule has 0 saturated carbocycles. The number of benzene rings is 1. The Morgan fingerprint density at radius 2 is 1.96 bits per heavy atom. The van der Waals surface area contributed by atoms with Crippen LogP contribution in [0.25, 0.3) is 0 Å². The molecule has 23 heavy (non-hydrogen) atoms. The van der Waals surface area contributed by atoms with Crippen molar-refractivity contribution in [2.45, 2.75) is 12.6 Å². The van der Waals surface area contributed by atoms with Gasteiger partial charge in [0.2, 0.25) is 5.91 Å². The molecule has 0 radical (unpaired) electrons. The molecular formula is C16H20F2N2O3. The third-order valence-corrected chi connectivity index (χ3v) is 4.55. The minimum atomic E-state index is -0.632. The largest absolute Gasteiger partial charge is 0.497 e. The first-order chi connectivity index (χ1) is 11.0. The summed E-state index contributed by atoms with van der Waals surface area (Å²) in [6.07, 6.45) is 0. The van der Waals surface area contributed by atoms with Gasteiger partial charge >= 0.3 is 0 Å². The number of carbonyl (C=O) groups is 1. The highest BCUT2D eigenvalue weighted by Crippen LogP contribution is 2.25. The number of hydrogen-bond acceptors (Lipinski definition) is 4. The molecule has 2 aliphatic rings. The van der Waals surface area contributed by atoms with Crippen molar-refractivity contribution in [2.75, 3.05) is 40.5 Å². The molecule has 2 heterocycles. The molecule has 2 atom stereocenters. The van der Waals surface area contributed by atoms with Gasteiger partial charge in [0, 0.05) is 44.4 Å². The molecule has 0 N–H and O–H groups in total. The van der Waals surface area contributed by atoms with Crippen molar-refractivity contribution in [1.82, 2.24) is 9.80 Å². The Kier molecular flexibility index (Phi) is 4.50. The second kappa shape index (κ2) is 6.41. The van der Waals surface area contributed by atoms with Gasteiger partial charge in [0.15, 0.2) is 0 Å². The lowest BCUT2D eigenvalue weighted by Gasteiger charge is -2.29. The van der Waals surface area contributed by atoms with Gasteiger partial charge in [-0.25, -0.2) is 8.78 Å². The van der Waals surface area contributed by atoms with Gasteiger partial charge in [-0.1, -0.05) is 0 Å². The lowest BCUT2D eigenvalue weighted by molar-refractivity contribution is -0.133. The molecule has 7 heteroatoms. The predicted octanol–water partition coefficient (Wildman–Crippen LogP) is 1.26. The van der Waals surface area contributed by atoms with Gasteiger partial charge in [-0.2, -0.15) is 0 Å². The van der Waals surface area contributed by atoms with Crippen LogP contribution in [0.4, 0.5) is 8.78 Å². The van der Waals surface area contributed by atoms with Crippen molar-refractivity contribution in [3.8, 4) is 5.75 Å². The van der Waals surface area contributed by atoms with Gasteiger partial charge in [0.05, 0.1) is 32.3 Å². The SMILES string of the molecule is COc1cc(F)c(CN2C[C@@H]3COC[C@H](C2)N(C)C3=O)c(F)c1. The zero-order chi connectivity index (χ0) is 16.6. The zero-order valence-electron chi connectivity index (χ0n) is 13.2. The van der Waals surface area contributed by atoms with Crippen LogP contribution >= 0.6 is 0 Å². The molecule has 2 aliphatic heterocycles. The number of likely N-dealkylation sites (N-methyl/N-ethyl adjacent to an activating group) is 1. The first-order valence-electron chi connectivity index (χ1n) is 7.58. The van der Waals surface area contributed by atoms with Crippen LogP contribution in [-0.4, -0.2) is 62.2 Å². The van der Waals surface area contributed by atoms with Crippen molar-refractivity contribution in [1.29, 1.82) is 0 Å². The van der Waals surface area contributed by atoms with E-state index >= 15 is 0 Å². The number of carbonyl (C=O) groups excluding carboxylic acids is 1. The molecule has 2 saturated heterocycles. The van der Waals surface area contributed by atoms with E-state index in [4.69, 9.17) is 9.47 Å². The minimum absolute atomic E-state index is 0.00166. The molecule has 0 aromatic heterocycles. The molecule has 2 fully saturated rings. The van der Waals surface area contributed by atoms with Gasteiger partial charge < -0.3 is 14.4 Å². The summed E-state index contributed by atoms with van der Waals surface area (Å²) >= 11 is 0. The van der Waals surface area contributed by atoms with Gasteiger partial charge in [-0.3, -0.25) is 9.69 Å². The highest BCUT2D eigenvalue weighted by Gasteiger charge is 2.37. The average molecular weight is 326 g/mol. The molecule has 0 spiro atoms. The summed E-state index contributed by atoms with van der Waals surface area (Å²) in [6, 6.07) is 2.26. The Labute approximate surface area is 133 Å². The first kappa shape index (κ1) is 16.1. The van der Waals surface area contributed by atoms with Crippen LogP contribution in [0.5, 0.6) is 5.75 Å². The van der Waals surface area contributed by atoms with E-state index in [9.17, 15) is 13.6 Å². The molecule has 126 valence electrons. The van der Waals surface area contributed by atoms with E-state index in [-0.39, 0.29) is 35.7 Å². The maximum atomic E-state index is 14.1. The van der Waals surface area contributed by atoms with Gasteiger partial charge in [-0.05, 0) is 0 Å². The van der Waals surface area contributed by atoms with Gasteiger partial charge in [-0.15, -0.1) is 0 Å². The fourth-order valence-electron chi connectivity index (χ4n) is 3.19. The number of rotatable bonds is 3. The van der Waals surface area contributed by atoms with E-state index < -0.39 is 11.6 Å². The molecular weight excluding hydrogens is 306 g/mol. The zero-order valence-corrected chi connectivity index (χ0v) is 13.2. The number of nitrogens with zero attached hydrogens (tertiary/aromatic N) is 2. The quantitative estimate of drug-likeness (QED) is 0.839. The molecule has 1 aromatic rings. The standard InChI is InChI=1S/C16H20F2N2O3/c1-19-11-6-20(5-10(16(19)21)8-23-9-11)7-13-14(17)3-12(22-2)4-15(13)18/h3-4,10-11H,5-9H2,1-2H3/t10-,11+/m1/s1. The lowest BCUT2D eigenvalue weighted by Crippen LogP contribution is -2.43. The summed E-state index contributed by atoms with van der Waals surface area (Å²) in [5, 5.41) is 0. The first-order valence-corrected chi connectivity index (χ1v) is 7.58. The van der Waals surface area contributed by atoms with Crippen LogP contribution < -0.4 is 4.74 Å². The number of hydrogen-bond donors (Lipinski definition) is 0. The number of ether oxygens (including phenoxy) is 2. The third-order valence-electron chi connectivity index (χ3n) is 4.55. The van der Waals surface area contributed by atoms with E-state index in [2.05, 4.69) is 0 Å². The summed E-state index contributed by atoms with van der Waals surface area (Å²) < 4.78 is 38.7. The van der Waals surface area contributed by atoms with E-state index in [1.807, 2.05) is 4.90 Å². The average Bonchev–Trinajstić information content (AvgIpc) is 2.69. The summed E-state index contributed by atoms with van der Waals surface area (Å²) in [5.74, 6) is -1.37. The maximum Gasteiger partial charge on any atom is 0.229 e. The number of halogens is 2.